The van der Waals surface area contributed by atoms with Crippen molar-refractivity contribution < 1.29 is 9.53 Å². The minimum atomic E-state index is -0.505. The van der Waals surface area contributed by atoms with Gasteiger partial charge in [-0.2, -0.15) is 10.2 Å². The molecule has 33 heavy (non-hydrogen) atoms. The molecule has 1 N–H and O–H groups in total. The van der Waals surface area contributed by atoms with E-state index in [9.17, 15) is 9.59 Å². The number of rotatable bonds is 7. The summed E-state index contributed by atoms with van der Waals surface area (Å²) >= 11 is 0. The highest BCUT2D eigenvalue weighted by molar-refractivity contribution is 6.04. The normalized spacial score (nSPS) is 11.3. The molecule has 0 aliphatic carbocycles. The SMILES string of the molecule is COc1ccccc1/C=C/C=N/NC(=O)c1nn(Cc2ccccc2)c(=O)c2ccccc12. The van der Waals surface area contributed by atoms with Crippen LogP contribution in [0.5, 0.6) is 5.75 Å². The van der Waals surface area contributed by atoms with E-state index in [1.54, 1.807) is 37.5 Å². The number of amides is 1. The van der Waals surface area contributed by atoms with Crippen LogP contribution in [0.3, 0.4) is 0 Å². The molecule has 4 rings (SSSR count). The van der Waals surface area contributed by atoms with E-state index >= 15 is 0 Å². The Morgan fingerprint density at radius 3 is 2.48 bits per heavy atom. The maximum Gasteiger partial charge on any atom is 0.292 e. The Labute approximate surface area is 190 Å². The first-order valence-electron chi connectivity index (χ1n) is 10.3. The van der Waals surface area contributed by atoms with Gasteiger partial charge in [-0.3, -0.25) is 9.59 Å². The van der Waals surface area contributed by atoms with Crippen LogP contribution >= 0.6 is 0 Å². The van der Waals surface area contributed by atoms with E-state index in [0.717, 1.165) is 16.9 Å². The molecule has 0 aliphatic rings. The molecule has 7 nitrogen and oxygen atoms in total. The molecule has 0 atom stereocenters. The van der Waals surface area contributed by atoms with Gasteiger partial charge in [-0.1, -0.05) is 66.7 Å². The number of aromatic nitrogens is 2. The Bertz CT molecular complexity index is 1390. The molecule has 164 valence electrons. The summed E-state index contributed by atoms with van der Waals surface area (Å²) in [6.45, 7) is 0.260. The van der Waals surface area contributed by atoms with E-state index in [1.165, 1.54) is 10.9 Å². The molecule has 0 bridgehead atoms. The number of para-hydroxylation sites is 1. The standard InChI is InChI=1S/C26H22N4O3/c1-33-23-16-8-5-12-20(23)13-9-17-27-28-25(31)24-21-14-6-7-15-22(21)26(32)30(29-24)18-19-10-3-2-4-11-19/h2-17H,18H2,1H3,(H,28,31)/b13-9+,27-17+. The molecule has 1 aromatic heterocycles. The monoisotopic (exact) mass is 438 g/mol. The summed E-state index contributed by atoms with van der Waals surface area (Å²) in [6.07, 6.45) is 4.98. The molecule has 1 amide bonds. The maximum atomic E-state index is 12.9. The third-order valence-electron chi connectivity index (χ3n) is 5.00. The second-order valence-corrected chi connectivity index (χ2v) is 7.16. The van der Waals surface area contributed by atoms with E-state index in [-0.39, 0.29) is 17.8 Å². The van der Waals surface area contributed by atoms with Crippen LogP contribution in [0.2, 0.25) is 0 Å². The predicted octanol–water partition coefficient (Wildman–Crippen LogP) is 3.88. The van der Waals surface area contributed by atoms with Gasteiger partial charge >= 0.3 is 0 Å². The minimum Gasteiger partial charge on any atom is -0.496 e. The van der Waals surface area contributed by atoms with Crippen molar-refractivity contribution in [2.75, 3.05) is 7.11 Å². The lowest BCUT2D eigenvalue weighted by Crippen LogP contribution is -2.29. The van der Waals surface area contributed by atoms with Crippen molar-refractivity contribution in [1.82, 2.24) is 15.2 Å². The summed E-state index contributed by atoms with van der Waals surface area (Å²) < 4.78 is 6.60. The van der Waals surface area contributed by atoms with Gasteiger partial charge in [-0.15, -0.1) is 0 Å². The fourth-order valence-corrected chi connectivity index (χ4v) is 3.41. The van der Waals surface area contributed by atoms with Crippen LogP contribution in [-0.4, -0.2) is 29.0 Å². The highest BCUT2D eigenvalue weighted by atomic mass is 16.5. The summed E-state index contributed by atoms with van der Waals surface area (Å²) in [5.74, 6) is 0.234. The number of hydrazone groups is 1. The molecule has 0 radical (unpaired) electrons. The van der Waals surface area contributed by atoms with Gasteiger partial charge in [-0.05, 0) is 29.8 Å². The van der Waals surface area contributed by atoms with Crippen LogP contribution in [0.4, 0.5) is 0 Å². The molecule has 0 saturated carbocycles. The number of nitrogens with one attached hydrogen (secondary N) is 1. The first-order chi connectivity index (χ1) is 16.2. The first-order valence-corrected chi connectivity index (χ1v) is 10.3. The zero-order chi connectivity index (χ0) is 23.0. The topological polar surface area (TPSA) is 85.6 Å². The summed E-state index contributed by atoms with van der Waals surface area (Å²) in [4.78, 5) is 25.8. The molecule has 7 heteroatoms. The molecule has 0 unspecified atom stereocenters. The molecular weight excluding hydrogens is 416 g/mol. The molecule has 0 spiro atoms. The Kier molecular flexibility index (Phi) is 6.70. The van der Waals surface area contributed by atoms with Gasteiger partial charge in [0.2, 0.25) is 0 Å². The van der Waals surface area contributed by atoms with E-state index in [2.05, 4.69) is 15.6 Å². The van der Waals surface area contributed by atoms with E-state index in [0.29, 0.717) is 10.8 Å². The molecular formula is C26H22N4O3. The number of ether oxygens (including phenoxy) is 1. The van der Waals surface area contributed by atoms with Gasteiger partial charge in [0, 0.05) is 17.2 Å². The zero-order valence-electron chi connectivity index (χ0n) is 18.0. The number of benzene rings is 3. The van der Waals surface area contributed by atoms with Gasteiger partial charge in [0.05, 0.1) is 19.0 Å². The number of carbonyl (C=O) groups excluding carboxylic acids is 1. The van der Waals surface area contributed by atoms with Crippen LogP contribution in [0.1, 0.15) is 21.6 Å². The van der Waals surface area contributed by atoms with Gasteiger partial charge in [0.15, 0.2) is 5.69 Å². The van der Waals surface area contributed by atoms with Gasteiger partial charge in [0.25, 0.3) is 11.5 Å². The number of methoxy groups -OCH3 is 1. The lowest BCUT2D eigenvalue weighted by molar-refractivity contribution is 0.0949. The van der Waals surface area contributed by atoms with Gasteiger partial charge in [0.1, 0.15) is 5.75 Å². The smallest absolute Gasteiger partial charge is 0.292 e. The predicted molar refractivity (Wildman–Crippen MR) is 130 cm³/mol. The fraction of sp³-hybridized carbons (Fsp3) is 0.0769. The number of hydrogen-bond donors (Lipinski definition) is 1. The zero-order valence-corrected chi connectivity index (χ0v) is 18.0. The van der Waals surface area contributed by atoms with Crippen molar-refractivity contribution in [3.8, 4) is 5.75 Å². The molecule has 4 aromatic rings. The number of allylic oxidation sites excluding steroid dienone is 1. The van der Waals surface area contributed by atoms with Gasteiger partial charge < -0.3 is 4.74 Å². The molecule has 1 heterocycles. The summed E-state index contributed by atoms with van der Waals surface area (Å²) in [5, 5.41) is 9.23. The Hall–Kier alpha value is -4.52. The maximum absolute atomic E-state index is 12.9. The number of carbonyl (C=O) groups is 1. The minimum absolute atomic E-state index is 0.131. The summed E-state index contributed by atoms with van der Waals surface area (Å²) in [6, 6.07) is 24.0. The van der Waals surface area contributed by atoms with Crippen molar-refractivity contribution in [2.45, 2.75) is 6.54 Å². The largest absolute Gasteiger partial charge is 0.496 e. The first kappa shape index (κ1) is 21.7. The lowest BCUT2D eigenvalue weighted by Gasteiger charge is -2.10. The second kappa shape index (κ2) is 10.2. The summed E-state index contributed by atoms with van der Waals surface area (Å²) in [7, 11) is 1.61. The van der Waals surface area contributed by atoms with E-state index in [4.69, 9.17) is 4.74 Å². The third-order valence-corrected chi connectivity index (χ3v) is 5.00. The molecule has 0 aliphatic heterocycles. The van der Waals surface area contributed by atoms with Crippen LogP contribution < -0.4 is 15.7 Å². The Morgan fingerprint density at radius 1 is 1.00 bits per heavy atom. The number of fused-ring (bicyclic) bond motifs is 1. The highest BCUT2D eigenvalue weighted by Crippen LogP contribution is 2.18. The fourth-order valence-electron chi connectivity index (χ4n) is 3.41. The molecule has 0 fully saturated rings. The van der Waals surface area contributed by atoms with Crippen molar-refractivity contribution in [3.05, 3.63) is 112 Å². The van der Waals surface area contributed by atoms with Crippen molar-refractivity contribution in [2.24, 2.45) is 5.10 Å². The van der Waals surface area contributed by atoms with Crippen LogP contribution in [0, 0.1) is 0 Å². The van der Waals surface area contributed by atoms with E-state index in [1.807, 2.05) is 60.7 Å². The second-order valence-electron chi connectivity index (χ2n) is 7.16. The number of hydrogen-bond acceptors (Lipinski definition) is 5. The number of nitrogens with zero attached hydrogens (tertiary/aromatic N) is 3. The Balaban J connectivity index is 1.57. The highest BCUT2D eigenvalue weighted by Gasteiger charge is 2.16. The van der Waals surface area contributed by atoms with Gasteiger partial charge in [-0.25, -0.2) is 10.1 Å². The van der Waals surface area contributed by atoms with Crippen molar-refractivity contribution in [1.29, 1.82) is 0 Å². The molecule has 3 aromatic carbocycles. The van der Waals surface area contributed by atoms with Crippen molar-refractivity contribution >= 4 is 29.0 Å². The summed E-state index contributed by atoms with van der Waals surface area (Å²) in [5.41, 5.74) is 4.16. The van der Waals surface area contributed by atoms with Crippen LogP contribution in [0.15, 0.2) is 94.8 Å². The average molecular weight is 438 g/mol. The lowest BCUT2D eigenvalue weighted by atomic mass is 10.1. The third kappa shape index (κ3) is 5.04. The van der Waals surface area contributed by atoms with E-state index < -0.39 is 5.91 Å². The van der Waals surface area contributed by atoms with Crippen molar-refractivity contribution in [3.63, 3.8) is 0 Å². The quantitative estimate of drug-likeness (QED) is 0.350. The van der Waals surface area contributed by atoms with Crippen LogP contribution in [-0.2, 0) is 6.54 Å². The average Bonchev–Trinajstić information content (AvgIpc) is 2.86. The van der Waals surface area contributed by atoms with Crippen LogP contribution in [0.25, 0.3) is 16.8 Å². The Morgan fingerprint density at radius 2 is 1.70 bits per heavy atom. The molecule has 0 saturated heterocycles.